The molecular formula is C17H27NO2. The van der Waals surface area contributed by atoms with Crippen LogP contribution in [0.4, 0.5) is 5.69 Å². The van der Waals surface area contributed by atoms with Crippen molar-refractivity contribution in [1.29, 1.82) is 0 Å². The lowest BCUT2D eigenvalue weighted by Gasteiger charge is -2.36. The molecule has 0 fully saturated rings. The number of benzene rings is 1. The van der Waals surface area contributed by atoms with Crippen molar-refractivity contribution in [1.82, 2.24) is 0 Å². The average Bonchev–Trinajstić information content (AvgIpc) is 2.38. The van der Waals surface area contributed by atoms with Crippen LogP contribution in [0, 0.1) is 12.8 Å². The highest BCUT2D eigenvalue weighted by Crippen LogP contribution is 2.29. The molecule has 3 heteroatoms. The minimum Gasteiger partial charge on any atom is -0.478 e. The number of carbonyl (C=O) groups is 1. The number of carboxylic acids is 1. The molecule has 0 bridgehead atoms. The van der Waals surface area contributed by atoms with Crippen LogP contribution in [0.1, 0.15) is 56.5 Å². The van der Waals surface area contributed by atoms with Gasteiger partial charge in [-0.2, -0.15) is 0 Å². The highest BCUT2D eigenvalue weighted by Gasteiger charge is 2.23. The van der Waals surface area contributed by atoms with Gasteiger partial charge in [0, 0.05) is 12.6 Å². The lowest BCUT2D eigenvalue weighted by Crippen LogP contribution is -2.38. The van der Waals surface area contributed by atoms with E-state index in [2.05, 4.69) is 32.6 Å². The molecule has 1 N–H and O–H groups in total. The topological polar surface area (TPSA) is 40.5 Å². The first-order chi connectivity index (χ1) is 9.42. The summed E-state index contributed by atoms with van der Waals surface area (Å²) in [7, 11) is 0. The van der Waals surface area contributed by atoms with Crippen molar-refractivity contribution >= 4 is 11.7 Å². The molecule has 0 amide bonds. The van der Waals surface area contributed by atoms with Crippen LogP contribution in [0.15, 0.2) is 18.2 Å². The molecule has 0 spiro atoms. The number of carboxylic acid groups (broad SMARTS) is 1. The Bertz CT molecular complexity index is 450. The predicted octanol–water partition coefficient (Wildman–Crippen LogP) is 4.34. The van der Waals surface area contributed by atoms with E-state index in [4.69, 9.17) is 0 Å². The number of hydrogen-bond donors (Lipinski definition) is 1. The molecule has 0 radical (unpaired) electrons. The minimum absolute atomic E-state index is 0.386. The second-order valence-electron chi connectivity index (χ2n) is 5.79. The monoisotopic (exact) mass is 277 g/mol. The Kier molecular flexibility index (Phi) is 6.05. The molecule has 20 heavy (non-hydrogen) atoms. The van der Waals surface area contributed by atoms with Gasteiger partial charge in [-0.05, 0) is 37.3 Å². The number of nitrogens with zero attached hydrogens (tertiary/aromatic N) is 1. The maximum atomic E-state index is 11.5. The van der Waals surface area contributed by atoms with Crippen LogP contribution in [0.2, 0.25) is 0 Å². The Morgan fingerprint density at radius 2 is 1.85 bits per heavy atom. The highest BCUT2D eigenvalue weighted by molar-refractivity contribution is 5.95. The number of rotatable bonds is 7. The summed E-state index contributed by atoms with van der Waals surface area (Å²) in [5.41, 5.74) is 2.34. The summed E-state index contributed by atoms with van der Waals surface area (Å²) in [6, 6.07) is 5.91. The van der Waals surface area contributed by atoms with Crippen molar-refractivity contribution in [3.8, 4) is 0 Å². The van der Waals surface area contributed by atoms with Gasteiger partial charge in [0.25, 0.3) is 0 Å². The van der Waals surface area contributed by atoms with Gasteiger partial charge in [0.1, 0.15) is 0 Å². The molecule has 1 rings (SSSR count). The number of aryl methyl sites for hydroxylation is 1. The molecule has 0 unspecified atom stereocenters. The number of aromatic carboxylic acids is 1. The number of anilines is 1. The first kappa shape index (κ1) is 16.5. The summed E-state index contributed by atoms with van der Waals surface area (Å²) in [6.45, 7) is 11.6. The standard InChI is InChI=1S/C17H27NO2/c1-6-14(7-2)18(11-12(3)4)16-13(5)9-8-10-15(16)17(19)20/h8-10,12,14H,6-7,11H2,1-5H3,(H,19,20). The van der Waals surface area contributed by atoms with Crippen molar-refractivity contribution in [3.05, 3.63) is 29.3 Å². The first-order valence-corrected chi connectivity index (χ1v) is 7.51. The molecule has 0 aromatic heterocycles. The normalized spacial score (nSPS) is 11.2. The fourth-order valence-electron chi connectivity index (χ4n) is 2.76. The molecule has 0 aliphatic heterocycles. The van der Waals surface area contributed by atoms with Gasteiger partial charge in [-0.3, -0.25) is 0 Å². The van der Waals surface area contributed by atoms with Crippen LogP contribution in [0.3, 0.4) is 0 Å². The third-order valence-corrected chi connectivity index (χ3v) is 3.70. The molecule has 0 aliphatic carbocycles. The van der Waals surface area contributed by atoms with Crippen molar-refractivity contribution < 1.29 is 9.90 Å². The summed E-state index contributed by atoms with van der Waals surface area (Å²) in [4.78, 5) is 13.8. The smallest absolute Gasteiger partial charge is 0.337 e. The molecule has 112 valence electrons. The van der Waals surface area contributed by atoms with Gasteiger partial charge < -0.3 is 10.0 Å². The van der Waals surface area contributed by atoms with E-state index in [0.29, 0.717) is 17.5 Å². The van der Waals surface area contributed by atoms with Crippen molar-refractivity contribution in [3.63, 3.8) is 0 Å². The van der Waals surface area contributed by atoms with Crippen LogP contribution in [0.5, 0.6) is 0 Å². The van der Waals surface area contributed by atoms with Gasteiger partial charge in [0.15, 0.2) is 0 Å². The fourth-order valence-corrected chi connectivity index (χ4v) is 2.76. The number of hydrogen-bond acceptors (Lipinski definition) is 2. The zero-order valence-corrected chi connectivity index (χ0v) is 13.3. The Morgan fingerprint density at radius 3 is 2.30 bits per heavy atom. The lowest BCUT2D eigenvalue weighted by molar-refractivity contribution is 0.0697. The first-order valence-electron chi connectivity index (χ1n) is 7.51. The fraction of sp³-hybridized carbons (Fsp3) is 0.588. The van der Waals surface area contributed by atoms with Gasteiger partial charge in [-0.15, -0.1) is 0 Å². The van der Waals surface area contributed by atoms with E-state index < -0.39 is 5.97 Å². The third-order valence-electron chi connectivity index (χ3n) is 3.70. The minimum atomic E-state index is -0.844. The van der Waals surface area contributed by atoms with E-state index in [-0.39, 0.29) is 0 Å². The summed E-state index contributed by atoms with van der Waals surface area (Å²) in [6.07, 6.45) is 2.05. The third kappa shape index (κ3) is 3.75. The van der Waals surface area contributed by atoms with E-state index in [0.717, 1.165) is 30.6 Å². The summed E-state index contributed by atoms with van der Waals surface area (Å²) < 4.78 is 0. The number of para-hydroxylation sites is 1. The predicted molar refractivity (Wildman–Crippen MR) is 84.7 cm³/mol. The summed E-state index contributed by atoms with van der Waals surface area (Å²) >= 11 is 0. The van der Waals surface area contributed by atoms with Crippen molar-refractivity contribution in [2.45, 2.75) is 53.5 Å². The Morgan fingerprint density at radius 1 is 1.25 bits per heavy atom. The molecule has 0 aliphatic rings. The zero-order chi connectivity index (χ0) is 15.3. The molecule has 3 nitrogen and oxygen atoms in total. The van der Waals surface area contributed by atoms with E-state index >= 15 is 0 Å². The molecule has 1 aromatic carbocycles. The van der Waals surface area contributed by atoms with Crippen LogP contribution < -0.4 is 4.90 Å². The van der Waals surface area contributed by atoms with Gasteiger partial charge in [-0.25, -0.2) is 4.79 Å². The molecule has 0 atom stereocenters. The summed E-state index contributed by atoms with van der Waals surface area (Å²) in [5, 5.41) is 9.47. The quantitative estimate of drug-likeness (QED) is 0.805. The Labute approximate surface area is 122 Å². The molecule has 0 heterocycles. The average molecular weight is 277 g/mol. The maximum Gasteiger partial charge on any atom is 0.337 e. The molecule has 1 aromatic rings. The molecular weight excluding hydrogens is 250 g/mol. The van der Waals surface area contributed by atoms with E-state index in [9.17, 15) is 9.90 Å². The van der Waals surface area contributed by atoms with E-state index in [1.807, 2.05) is 19.1 Å². The molecule has 0 saturated heterocycles. The van der Waals surface area contributed by atoms with Gasteiger partial charge in [0.2, 0.25) is 0 Å². The van der Waals surface area contributed by atoms with Gasteiger partial charge >= 0.3 is 5.97 Å². The Hall–Kier alpha value is -1.51. The molecule has 0 saturated carbocycles. The van der Waals surface area contributed by atoms with Gasteiger partial charge in [0.05, 0.1) is 11.3 Å². The van der Waals surface area contributed by atoms with Crippen LogP contribution in [-0.2, 0) is 0 Å². The van der Waals surface area contributed by atoms with Crippen LogP contribution >= 0.6 is 0 Å². The van der Waals surface area contributed by atoms with Crippen molar-refractivity contribution in [2.75, 3.05) is 11.4 Å². The summed E-state index contributed by atoms with van der Waals surface area (Å²) in [5.74, 6) is -0.347. The second kappa shape index (κ2) is 7.32. The van der Waals surface area contributed by atoms with Crippen molar-refractivity contribution in [2.24, 2.45) is 5.92 Å². The lowest BCUT2D eigenvalue weighted by atomic mass is 10.0. The van der Waals surface area contributed by atoms with Gasteiger partial charge in [-0.1, -0.05) is 39.8 Å². The second-order valence-corrected chi connectivity index (χ2v) is 5.79. The highest BCUT2D eigenvalue weighted by atomic mass is 16.4. The van der Waals surface area contributed by atoms with Crippen LogP contribution in [0.25, 0.3) is 0 Å². The zero-order valence-electron chi connectivity index (χ0n) is 13.3. The maximum absolute atomic E-state index is 11.5. The Balaban J connectivity index is 3.35. The van der Waals surface area contributed by atoms with E-state index in [1.54, 1.807) is 6.07 Å². The van der Waals surface area contributed by atoms with Crippen LogP contribution in [-0.4, -0.2) is 23.7 Å². The SMILES string of the molecule is CCC(CC)N(CC(C)C)c1c(C)cccc1C(=O)O. The largest absolute Gasteiger partial charge is 0.478 e. The van der Waals surface area contributed by atoms with E-state index in [1.165, 1.54) is 0 Å².